The largest absolute Gasteiger partial charge is 0.366 e. The summed E-state index contributed by atoms with van der Waals surface area (Å²) in [6, 6.07) is 1.56. The van der Waals surface area contributed by atoms with Gasteiger partial charge in [0.25, 0.3) is 0 Å². The Hall–Kier alpha value is -1.97. The van der Waals surface area contributed by atoms with E-state index < -0.39 is 5.91 Å². The van der Waals surface area contributed by atoms with Gasteiger partial charge in [0, 0.05) is 12.4 Å². The Morgan fingerprint density at radius 3 is 2.85 bits per heavy atom. The Morgan fingerprint density at radius 1 is 1.46 bits per heavy atom. The molecule has 1 aromatic heterocycles. The summed E-state index contributed by atoms with van der Waals surface area (Å²) in [6.45, 7) is 0. The third kappa shape index (κ3) is 2.52. The van der Waals surface area contributed by atoms with Crippen LogP contribution in [0.5, 0.6) is 0 Å². The van der Waals surface area contributed by atoms with E-state index >= 15 is 0 Å². The number of carbonyl (C=O) groups excluding carboxylic acids is 2. The molecule has 0 aromatic carbocycles. The minimum Gasteiger partial charge on any atom is -0.366 e. The normalized spacial score (nSPS) is 10.2. The highest BCUT2D eigenvalue weighted by molar-refractivity contribution is 5.93. The fourth-order valence-corrected chi connectivity index (χ4v) is 0.834. The fourth-order valence-electron chi connectivity index (χ4n) is 0.834. The smallest absolute Gasteiger partial charge is 0.250 e. The number of amides is 1. The highest BCUT2D eigenvalue weighted by atomic mass is 16.1. The molecule has 0 saturated heterocycles. The van der Waals surface area contributed by atoms with Crippen LogP contribution in [0.2, 0.25) is 0 Å². The van der Waals surface area contributed by atoms with E-state index in [1.165, 1.54) is 18.5 Å². The number of allylic oxidation sites excluding steroid dienone is 1. The van der Waals surface area contributed by atoms with E-state index in [1.807, 2.05) is 0 Å². The van der Waals surface area contributed by atoms with E-state index in [2.05, 4.69) is 4.98 Å². The fraction of sp³-hybridized carbons (Fsp3) is 0. The maximum absolute atomic E-state index is 10.7. The summed E-state index contributed by atoms with van der Waals surface area (Å²) in [5.74, 6) is -0.533. The SMILES string of the molecule is NC(=O)c1cncc(C=CC=O)c1. The van der Waals surface area contributed by atoms with Crippen molar-refractivity contribution in [3.05, 3.63) is 35.7 Å². The van der Waals surface area contributed by atoms with Gasteiger partial charge in [0.05, 0.1) is 5.56 Å². The van der Waals surface area contributed by atoms with Gasteiger partial charge in [0.2, 0.25) is 5.91 Å². The van der Waals surface area contributed by atoms with Gasteiger partial charge in [-0.25, -0.2) is 0 Å². The molecule has 4 heteroatoms. The molecular weight excluding hydrogens is 168 g/mol. The van der Waals surface area contributed by atoms with Gasteiger partial charge in [-0.15, -0.1) is 0 Å². The molecule has 1 heterocycles. The monoisotopic (exact) mass is 176 g/mol. The van der Waals surface area contributed by atoms with Crippen molar-refractivity contribution in [1.29, 1.82) is 0 Å². The number of hydrogen-bond donors (Lipinski definition) is 1. The summed E-state index contributed by atoms with van der Waals surface area (Å²) in [5, 5.41) is 0. The van der Waals surface area contributed by atoms with Crippen LogP contribution in [0.15, 0.2) is 24.5 Å². The van der Waals surface area contributed by atoms with Crippen molar-refractivity contribution in [2.45, 2.75) is 0 Å². The third-order valence-electron chi connectivity index (χ3n) is 1.41. The Balaban J connectivity index is 2.98. The number of rotatable bonds is 3. The van der Waals surface area contributed by atoms with Gasteiger partial charge < -0.3 is 5.73 Å². The highest BCUT2D eigenvalue weighted by Gasteiger charge is 1.99. The topological polar surface area (TPSA) is 73.1 Å². The van der Waals surface area contributed by atoms with Gasteiger partial charge in [-0.1, -0.05) is 6.08 Å². The molecule has 1 aromatic rings. The van der Waals surface area contributed by atoms with Crippen LogP contribution in [0.4, 0.5) is 0 Å². The Labute approximate surface area is 75.1 Å². The van der Waals surface area contributed by atoms with Gasteiger partial charge in [0.1, 0.15) is 6.29 Å². The van der Waals surface area contributed by atoms with Gasteiger partial charge in [-0.2, -0.15) is 0 Å². The summed E-state index contributed by atoms with van der Waals surface area (Å²) in [7, 11) is 0. The van der Waals surface area contributed by atoms with Crippen LogP contribution in [0.1, 0.15) is 15.9 Å². The number of nitrogens with two attached hydrogens (primary N) is 1. The second-order valence-corrected chi connectivity index (χ2v) is 2.37. The van der Waals surface area contributed by atoms with Crippen molar-refractivity contribution in [2.75, 3.05) is 0 Å². The van der Waals surface area contributed by atoms with Crippen LogP contribution >= 0.6 is 0 Å². The summed E-state index contributed by atoms with van der Waals surface area (Å²) in [4.78, 5) is 24.5. The Morgan fingerprint density at radius 2 is 2.23 bits per heavy atom. The van der Waals surface area contributed by atoms with E-state index in [9.17, 15) is 9.59 Å². The molecule has 0 unspecified atom stereocenters. The molecule has 1 rings (SSSR count). The summed E-state index contributed by atoms with van der Waals surface area (Å²) in [6.07, 6.45) is 6.43. The lowest BCUT2D eigenvalue weighted by Crippen LogP contribution is -2.11. The molecule has 0 aliphatic heterocycles. The first-order valence-electron chi connectivity index (χ1n) is 3.60. The molecule has 0 bridgehead atoms. The summed E-state index contributed by atoms with van der Waals surface area (Å²) < 4.78 is 0. The zero-order chi connectivity index (χ0) is 9.68. The number of nitrogens with zero attached hydrogens (tertiary/aromatic N) is 1. The lowest BCUT2D eigenvalue weighted by atomic mass is 10.2. The first-order chi connectivity index (χ1) is 6.24. The predicted octanol–water partition coefficient (Wildman–Crippen LogP) is 0.393. The maximum Gasteiger partial charge on any atom is 0.250 e. The van der Waals surface area contributed by atoms with E-state index in [4.69, 9.17) is 5.73 Å². The molecular formula is C9H8N2O2. The molecule has 0 aliphatic rings. The van der Waals surface area contributed by atoms with E-state index in [0.29, 0.717) is 17.4 Å². The van der Waals surface area contributed by atoms with Crippen molar-refractivity contribution in [2.24, 2.45) is 5.73 Å². The van der Waals surface area contributed by atoms with Crippen molar-refractivity contribution in [3.8, 4) is 0 Å². The quantitative estimate of drug-likeness (QED) is 0.535. The van der Waals surface area contributed by atoms with Crippen LogP contribution < -0.4 is 5.73 Å². The van der Waals surface area contributed by atoms with Crippen LogP contribution in [0, 0.1) is 0 Å². The molecule has 0 fully saturated rings. The van der Waals surface area contributed by atoms with Crippen LogP contribution in [-0.2, 0) is 4.79 Å². The number of hydrogen-bond acceptors (Lipinski definition) is 3. The van der Waals surface area contributed by atoms with Crippen LogP contribution in [-0.4, -0.2) is 17.2 Å². The lowest BCUT2D eigenvalue weighted by Gasteiger charge is -1.95. The minimum atomic E-state index is -0.533. The molecule has 4 nitrogen and oxygen atoms in total. The van der Waals surface area contributed by atoms with Crippen LogP contribution in [0.3, 0.4) is 0 Å². The van der Waals surface area contributed by atoms with Crippen molar-refractivity contribution >= 4 is 18.3 Å². The predicted molar refractivity (Wildman–Crippen MR) is 47.9 cm³/mol. The number of primary amides is 1. The summed E-state index contributed by atoms with van der Waals surface area (Å²) in [5.41, 5.74) is 6.04. The molecule has 0 aliphatic carbocycles. The first-order valence-corrected chi connectivity index (χ1v) is 3.60. The van der Waals surface area contributed by atoms with Crippen molar-refractivity contribution < 1.29 is 9.59 Å². The minimum absolute atomic E-state index is 0.327. The standard InChI is InChI=1S/C9H8N2O2/c10-9(13)8-4-7(2-1-3-12)5-11-6-8/h1-6H,(H2,10,13). The third-order valence-corrected chi connectivity index (χ3v) is 1.41. The lowest BCUT2D eigenvalue weighted by molar-refractivity contribution is -0.104. The van der Waals surface area contributed by atoms with E-state index in [1.54, 1.807) is 12.1 Å². The Kier molecular flexibility index (Phi) is 2.92. The number of aromatic nitrogens is 1. The van der Waals surface area contributed by atoms with E-state index in [-0.39, 0.29) is 0 Å². The van der Waals surface area contributed by atoms with Crippen molar-refractivity contribution in [3.63, 3.8) is 0 Å². The number of aldehydes is 1. The summed E-state index contributed by atoms with van der Waals surface area (Å²) >= 11 is 0. The molecule has 0 saturated carbocycles. The number of pyridine rings is 1. The zero-order valence-electron chi connectivity index (χ0n) is 6.81. The maximum atomic E-state index is 10.7. The zero-order valence-corrected chi connectivity index (χ0v) is 6.81. The van der Waals surface area contributed by atoms with Gasteiger partial charge in [-0.05, 0) is 17.7 Å². The average Bonchev–Trinajstić information content (AvgIpc) is 2.15. The second kappa shape index (κ2) is 4.15. The highest BCUT2D eigenvalue weighted by Crippen LogP contribution is 2.03. The molecule has 13 heavy (non-hydrogen) atoms. The van der Waals surface area contributed by atoms with Gasteiger partial charge in [0.15, 0.2) is 0 Å². The first kappa shape index (κ1) is 9.12. The molecule has 0 atom stereocenters. The molecule has 0 spiro atoms. The average molecular weight is 176 g/mol. The van der Waals surface area contributed by atoms with Gasteiger partial charge in [-0.3, -0.25) is 14.6 Å². The van der Waals surface area contributed by atoms with Crippen LogP contribution in [0.25, 0.3) is 6.08 Å². The second-order valence-electron chi connectivity index (χ2n) is 2.37. The molecule has 0 radical (unpaired) electrons. The van der Waals surface area contributed by atoms with Gasteiger partial charge >= 0.3 is 0 Å². The number of carbonyl (C=O) groups is 2. The van der Waals surface area contributed by atoms with E-state index in [0.717, 1.165) is 0 Å². The molecule has 1 amide bonds. The Bertz CT molecular complexity index is 358. The van der Waals surface area contributed by atoms with Crippen molar-refractivity contribution in [1.82, 2.24) is 4.98 Å². The molecule has 66 valence electrons. The molecule has 2 N–H and O–H groups in total.